The van der Waals surface area contributed by atoms with Crippen LogP contribution in [0.5, 0.6) is 0 Å². The van der Waals surface area contributed by atoms with Crippen molar-refractivity contribution in [3.8, 4) is 0 Å². The fraction of sp³-hybridized carbons (Fsp3) is 0.667. The van der Waals surface area contributed by atoms with Gasteiger partial charge in [-0.3, -0.25) is 4.79 Å². The van der Waals surface area contributed by atoms with Gasteiger partial charge in [0.1, 0.15) is 5.54 Å². The molecule has 1 aromatic heterocycles. The minimum Gasteiger partial charge on any atom is -0.312 e. The minimum atomic E-state index is -0.624. The Morgan fingerprint density at radius 1 is 1.24 bits per heavy atom. The molecule has 0 aromatic carbocycles. The molecule has 1 spiro atoms. The fourth-order valence-electron chi connectivity index (χ4n) is 3.46. The van der Waals surface area contributed by atoms with Crippen molar-refractivity contribution in [2.24, 2.45) is 0 Å². The van der Waals surface area contributed by atoms with Crippen molar-refractivity contribution in [2.45, 2.75) is 57.9 Å². The summed E-state index contributed by atoms with van der Waals surface area (Å²) in [5.41, 5.74) is 0.351. The van der Waals surface area contributed by atoms with Crippen LogP contribution in [-0.2, 0) is 11.2 Å². The van der Waals surface area contributed by atoms with Gasteiger partial charge >= 0.3 is 6.03 Å². The lowest BCUT2D eigenvalue weighted by atomic mass is 9.81. The summed E-state index contributed by atoms with van der Waals surface area (Å²) < 4.78 is 0. The molecule has 2 aliphatic rings. The van der Waals surface area contributed by atoms with Crippen LogP contribution < -0.4 is 4.90 Å². The molecule has 1 saturated carbocycles. The van der Waals surface area contributed by atoms with Gasteiger partial charge in [0.15, 0.2) is 0 Å². The van der Waals surface area contributed by atoms with Gasteiger partial charge < -0.3 is 4.90 Å². The largest absolute Gasteiger partial charge is 0.333 e. The van der Waals surface area contributed by atoms with E-state index < -0.39 is 5.54 Å². The molecule has 6 heteroatoms. The smallest absolute Gasteiger partial charge is 0.312 e. The lowest BCUT2D eigenvalue weighted by Gasteiger charge is -2.35. The highest BCUT2D eigenvalue weighted by Gasteiger charge is 2.56. The Labute approximate surface area is 129 Å². The second-order valence-electron chi connectivity index (χ2n) is 5.93. The van der Waals surface area contributed by atoms with Crippen molar-refractivity contribution in [3.05, 3.63) is 10.6 Å². The zero-order valence-electron chi connectivity index (χ0n) is 12.8. The number of aromatic nitrogens is 1. The molecule has 1 aliphatic heterocycles. The third-order valence-electron chi connectivity index (χ3n) is 4.81. The van der Waals surface area contributed by atoms with Crippen LogP contribution in [0.1, 0.15) is 49.6 Å². The maximum atomic E-state index is 12.9. The highest BCUT2D eigenvalue weighted by atomic mass is 32.1. The molecule has 1 aromatic rings. The number of amides is 3. The van der Waals surface area contributed by atoms with Gasteiger partial charge in [0.05, 0.1) is 5.69 Å². The van der Waals surface area contributed by atoms with Gasteiger partial charge in [-0.25, -0.2) is 14.7 Å². The van der Waals surface area contributed by atoms with Gasteiger partial charge in [0.25, 0.3) is 5.91 Å². The minimum absolute atomic E-state index is 0.0777. The Hall–Kier alpha value is -1.43. The molecular weight excluding hydrogens is 286 g/mol. The van der Waals surface area contributed by atoms with Crippen LogP contribution in [0.2, 0.25) is 0 Å². The lowest BCUT2D eigenvalue weighted by Crippen LogP contribution is -2.49. The first kappa shape index (κ1) is 14.5. The molecule has 1 aliphatic carbocycles. The van der Waals surface area contributed by atoms with Gasteiger partial charge in [-0.1, -0.05) is 26.2 Å². The van der Waals surface area contributed by atoms with E-state index in [2.05, 4.69) is 4.98 Å². The van der Waals surface area contributed by atoms with E-state index in [0.717, 1.165) is 49.1 Å². The zero-order chi connectivity index (χ0) is 15.2. The summed E-state index contributed by atoms with van der Waals surface area (Å²) in [5.74, 6) is -0.0777. The first-order valence-corrected chi connectivity index (χ1v) is 8.41. The number of hydrogen-bond donors (Lipinski definition) is 0. The average molecular weight is 307 g/mol. The molecule has 0 bridgehead atoms. The van der Waals surface area contributed by atoms with E-state index in [0.29, 0.717) is 5.13 Å². The summed E-state index contributed by atoms with van der Waals surface area (Å²) in [5, 5.41) is 0.536. The maximum Gasteiger partial charge on any atom is 0.333 e. The third-order valence-corrected chi connectivity index (χ3v) is 5.81. The molecule has 0 unspecified atom stereocenters. The molecule has 2 fully saturated rings. The summed E-state index contributed by atoms with van der Waals surface area (Å²) in [6.45, 7) is 4.03. The maximum absolute atomic E-state index is 12.9. The second kappa shape index (κ2) is 5.09. The molecule has 3 amide bonds. The van der Waals surface area contributed by atoms with E-state index in [-0.39, 0.29) is 11.9 Å². The summed E-state index contributed by atoms with van der Waals surface area (Å²) in [6.07, 6.45) is 5.53. The van der Waals surface area contributed by atoms with Gasteiger partial charge in [-0.05, 0) is 26.2 Å². The molecule has 21 heavy (non-hydrogen) atoms. The fourth-order valence-corrected chi connectivity index (χ4v) is 4.45. The molecule has 1 saturated heterocycles. The van der Waals surface area contributed by atoms with E-state index >= 15 is 0 Å². The first-order chi connectivity index (χ1) is 10.0. The van der Waals surface area contributed by atoms with Crippen LogP contribution in [-0.4, -0.2) is 34.4 Å². The number of aryl methyl sites for hydroxylation is 2. The number of urea groups is 1. The topological polar surface area (TPSA) is 53.5 Å². The van der Waals surface area contributed by atoms with Crippen molar-refractivity contribution < 1.29 is 9.59 Å². The van der Waals surface area contributed by atoms with Gasteiger partial charge in [-0.15, -0.1) is 11.3 Å². The average Bonchev–Trinajstić information content (AvgIpc) is 2.94. The number of carbonyl (C=O) groups excluding carboxylic acids is 2. The molecule has 2 heterocycles. The predicted octanol–water partition coefficient (Wildman–Crippen LogP) is 3.12. The molecule has 3 rings (SSSR count). The second-order valence-corrected chi connectivity index (χ2v) is 7.11. The normalized spacial score (nSPS) is 21.7. The third kappa shape index (κ3) is 1.99. The van der Waals surface area contributed by atoms with Gasteiger partial charge in [0.2, 0.25) is 5.13 Å². The van der Waals surface area contributed by atoms with Crippen LogP contribution in [0.15, 0.2) is 0 Å². The summed E-state index contributed by atoms with van der Waals surface area (Å²) in [4.78, 5) is 34.1. The molecule has 0 N–H and O–H groups in total. The van der Waals surface area contributed by atoms with E-state index in [4.69, 9.17) is 0 Å². The van der Waals surface area contributed by atoms with Crippen molar-refractivity contribution in [3.63, 3.8) is 0 Å². The summed E-state index contributed by atoms with van der Waals surface area (Å²) in [7, 11) is 1.76. The van der Waals surface area contributed by atoms with Crippen molar-refractivity contribution >= 4 is 28.4 Å². The zero-order valence-corrected chi connectivity index (χ0v) is 13.6. The lowest BCUT2D eigenvalue weighted by molar-refractivity contribution is -0.126. The standard InChI is InChI=1S/C15H21N3O2S/c1-4-11-10(2)21-13(16-11)18-12(19)15(17(3)14(18)20)8-6-5-7-9-15/h4-9H2,1-3H3. The summed E-state index contributed by atoms with van der Waals surface area (Å²) in [6, 6.07) is -0.224. The monoisotopic (exact) mass is 307 g/mol. The van der Waals surface area contributed by atoms with Crippen LogP contribution in [0, 0.1) is 6.92 Å². The molecule has 5 nitrogen and oxygen atoms in total. The number of anilines is 1. The number of nitrogens with zero attached hydrogens (tertiary/aromatic N) is 3. The Kier molecular flexibility index (Phi) is 3.51. The van der Waals surface area contributed by atoms with Crippen LogP contribution >= 0.6 is 11.3 Å². The van der Waals surface area contributed by atoms with Crippen LogP contribution in [0.4, 0.5) is 9.93 Å². The van der Waals surface area contributed by atoms with E-state index in [9.17, 15) is 9.59 Å². The number of imide groups is 1. The van der Waals surface area contributed by atoms with Crippen LogP contribution in [0.3, 0.4) is 0 Å². The van der Waals surface area contributed by atoms with E-state index in [1.165, 1.54) is 16.2 Å². The predicted molar refractivity (Wildman–Crippen MR) is 82.7 cm³/mol. The van der Waals surface area contributed by atoms with Crippen molar-refractivity contribution in [1.82, 2.24) is 9.88 Å². The van der Waals surface area contributed by atoms with Gasteiger partial charge in [0, 0.05) is 11.9 Å². The quantitative estimate of drug-likeness (QED) is 0.789. The number of thiazole rings is 1. The number of hydrogen-bond acceptors (Lipinski definition) is 4. The molecular formula is C15H21N3O2S. The Morgan fingerprint density at radius 3 is 2.48 bits per heavy atom. The van der Waals surface area contributed by atoms with Crippen LogP contribution in [0.25, 0.3) is 0 Å². The first-order valence-electron chi connectivity index (χ1n) is 7.60. The Balaban J connectivity index is 1.99. The highest BCUT2D eigenvalue weighted by Crippen LogP contribution is 2.42. The SMILES string of the molecule is CCc1nc(N2C(=O)N(C)C3(CCCCC3)C2=O)sc1C. The molecule has 0 atom stereocenters. The highest BCUT2D eigenvalue weighted by molar-refractivity contribution is 7.16. The number of likely N-dealkylation sites (N-methyl/N-ethyl adjacent to an activating group) is 1. The van der Waals surface area contributed by atoms with Crippen molar-refractivity contribution in [1.29, 1.82) is 0 Å². The van der Waals surface area contributed by atoms with E-state index in [1.54, 1.807) is 11.9 Å². The van der Waals surface area contributed by atoms with Gasteiger partial charge in [-0.2, -0.15) is 0 Å². The van der Waals surface area contributed by atoms with Crippen molar-refractivity contribution in [2.75, 3.05) is 11.9 Å². The number of rotatable bonds is 2. The summed E-state index contributed by atoms with van der Waals surface area (Å²) >= 11 is 1.44. The van der Waals surface area contributed by atoms with E-state index in [1.807, 2.05) is 13.8 Å². The Morgan fingerprint density at radius 2 is 1.90 bits per heavy atom. The Bertz CT molecular complexity index is 590. The molecule has 114 valence electrons. The number of carbonyl (C=O) groups is 2. The molecule has 0 radical (unpaired) electrons.